The molecule has 10 aromatic rings. The number of nitrogens with one attached hydrogen (secondary N) is 1. The van der Waals surface area contributed by atoms with Crippen LogP contribution in [-0.2, 0) is 0 Å². The Morgan fingerprint density at radius 1 is 0.393 bits per heavy atom. The third-order valence-corrected chi connectivity index (χ3v) is 11.0. The molecule has 61 heavy (non-hydrogen) atoms. The molecule has 1 atom stereocenters. The smallest absolute Gasteiger partial charge is 0.164 e. The molecule has 8 aromatic carbocycles. The summed E-state index contributed by atoms with van der Waals surface area (Å²) in [6.45, 7) is 0. The molecule has 1 N–H and O–H groups in total. The molecular formula is C54H36N6O. The maximum Gasteiger partial charge on any atom is 0.164 e. The number of aliphatic imine (C=N–C) groups is 2. The lowest BCUT2D eigenvalue weighted by atomic mass is 9.98. The van der Waals surface area contributed by atoms with Crippen molar-refractivity contribution in [1.29, 1.82) is 0 Å². The number of hydrogen-bond donors (Lipinski definition) is 1. The molecule has 0 spiro atoms. The van der Waals surface area contributed by atoms with Crippen molar-refractivity contribution in [1.82, 2.24) is 20.3 Å². The third kappa shape index (κ3) is 7.04. The molecule has 0 saturated heterocycles. The average molecular weight is 785 g/mol. The Balaban J connectivity index is 0.999. The van der Waals surface area contributed by atoms with Gasteiger partial charge in [0.1, 0.15) is 23.2 Å². The monoisotopic (exact) mass is 784 g/mol. The molecule has 0 amide bonds. The van der Waals surface area contributed by atoms with Crippen LogP contribution in [0.25, 0.3) is 78.4 Å². The van der Waals surface area contributed by atoms with Gasteiger partial charge in [0.25, 0.3) is 0 Å². The van der Waals surface area contributed by atoms with E-state index in [0.29, 0.717) is 23.3 Å². The van der Waals surface area contributed by atoms with E-state index < -0.39 is 0 Å². The van der Waals surface area contributed by atoms with E-state index >= 15 is 0 Å². The van der Waals surface area contributed by atoms with Crippen molar-refractivity contribution in [2.24, 2.45) is 9.98 Å². The predicted molar refractivity (Wildman–Crippen MR) is 246 cm³/mol. The zero-order valence-electron chi connectivity index (χ0n) is 32.9. The Hall–Kier alpha value is -8.29. The summed E-state index contributed by atoms with van der Waals surface area (Å²) in [4.78, 5) is 25.3. The highest BCUT2D eigenvalue weighted by molar-refractivity contribution is 6.14. The SMILES string of the molecule is c1ccc(C2=NC(c3cccc(-c4ccc5oc6cccc(-c7nc(-c8ccccc8)nc(-c8ccc(-c9ccccc9)cc8)n7)c6c5c4)c3)NC(c3ccccc3)=N2)cc1. The van der Waals surface area contributed by atoms with Gasteiger partial charge in [-0.25, -0.2) is 24.9 Å². The van der Waals surface area contributed by atoms with Crippen LogP contribution in [0.2, 0.25) is 0 Å². The number of furan rings is 1. The van der Waals surface area contributed by atoms with Crippen molar-refractivity contribution in [2.45, 2.75) is 6.17 Å². The van der Waals surface area contributed by atoms with E-state index in [1.165, 1.54) is 0 Å². The van der Waals surface area contributed by atoms with Gasteiger partial charge in [-0.1, -0.05) is 182 Å². The van der Waals surface area contributed by atoms with Crippen LogP contribution >= 0.6 is 0 Å². The van der Waals surface area contributed by atoms with Gasteiger partial charge >= 0.3 is 0 Å². The molecule has 2 aromatic heterocycles. The zero-order valence-corrected chi connectivity index (χ0v) is 32.9. The number of nitrogens with zero attached hydrogens (tertiary/aromatic N) is 5. The fourth-order valence-electron chi connectivity index (χ4n) is 7.94. The second-order valence-corrected chi connectivity index (χ2v) is 14.9. The normalized spacial score (nSPS) is 13.7. The molecular weight excluding hydrogens is 749 g/mol. The van der Waals surface area contributed by atoms with Crippen LogP contribution in [0.1, 0.15) is 22.9 Å². The van der Waals surface area contributed by atoms with Crippen molar-refractivity contribution >= 4 is 33.6 Å². The summed E-state index contributed by atoms with van der Waals surface area (Å²) >= 11 is 0. The molecule has 1 aliphatic heterocycles. The highest BCUT2D eigenvalue weighted by Crippen LogP contribution is 2.39. The Morgan fingerprint density at radius 3 is 1.62 bits per heavy atom. The number of amidine groups is 2. The summed E-state index contributed by atoms with van der Waals surface area (Å²) in [5.41, 5.74) is 11.6. The predicted octanol–water partition coefficient (Wildman–Crippen LogP) is 12.6. The minimum Gasteiger partial charge on any atom is -0.456 e. The summed E-state index contributed by atoms with van der Waals surface area (Å²) in [6.07, 6.45) is -0.348. The molecule has 288 valence electrons. The third-order valence-electron chi connectivity index (χ3n) is 11.0. The highest BCUT2D eigenvalue weighted by Gasteiger charge is 2.22. The first-order valence-electron chi connectivity index (χ1n) is 20.3. The van der Waals surface area contributed by atoms with Crippen molar-refractivity contribution < 1.29 is 4.42 Å². The second kappa shape index (κ2) is 15.5. The number of fused-ring (bicyclic) bond motifs is 3. The molecule has 1 aliphatic rings. The van der Waals surface area contributed by atoms with Crippen molar-refractivity contribution in [3.05, 3.63) is 223 Å². The number of aromatic nitrogens is 3. The molecule has 11 rings (SSSR count). The molecule has 0 radical (unpaired) electrons. The molecule has 1 unspecified atom stereocenters. The average Bonchev–Trinajstić information content (AvgIpc) is 3.73. The summed E-state index contributed by atoms with van der Waals surface area (Å²) in [5.74, 6) is 3.24. The van der Waals surface area contributed by atoms with Crippen molar-refractivity contribution in [3.8, 4) is 56.4 Å². The molecule has 0 aliphatic carbocycles. The zero-order chi connectivity index (χ0) is 40.5. The van der Waals surface area contributed by atoms with Gasteiger partial charge in [0.15, 0.2) is 23.3 Å². The van der Waals surface area contributed by atoms with Gasteiger partial charge in [-0.2, -0.15) is 0 Å². The maximum absolute atomic E-state index is 6.50. The van der Waals surface area contributed by atoms with E-state index in [9.17, 15) is 0 Å². The van der Waals surface area contributed by atoms with Gasteiger partial charge in [-0.15, -0.1) is 0 Å². The van der Waals surface area contributed by atoms with Crippen LogP contribution in [-0.4, -0.2) is 26.6 Å². The van der Waals surface area contributed by atoms with Crippen LogP contribution in [0.5, 0.6) is 0 Å². The summed E-state index contributed by atoms with van der Waals surface area (Å²) in [5, 5.41) is 5.53. The van der Waals surface area contributed by atoms with Crippen LogP contribution < -0.4 is 5.32 Å². The van der Waals surface area contributed by atoms with Gasteiger partial charge in [0.2, 0.25) is 0 Å². The maximum atomic E-state index is 6.50. The van der Waals surface area contributed by atoms with Gasteiger partial charge < -0.3 is 9.73 Å². The standard InChI is InChI=1S/C54H36N6O/c1-5-15-35(16-6-1)36-27-29-40(30-28-36)52-56-51(39-21-11-4-12-22-39)59-54(60-52)44-25-14-26-47-48(44)45-34-42(31-32-46(45)61-47)41-23-13-24-43(33-41)53-57-49(37-17-7-2-8-18-37)55-50(58-53)38-19-9-3-10-20-38/h1-34,53H,(H,55,57,58). The molecule has 7 heteroatoms. The number of benzene rings is 8. The topological polar surface area (TPSA) is 88.6 Å². The summed E-state index contributed by atoms with van der Waals surface area (Å²) in [6, 6.07) is 70.1. The number of rotatable bonds is 8. The Morgan fingerprint density at radius 2 is 0.918 bits per heavy atom. The first-order valence-corrected chi connectivity index (χ1v) is 20.3. The molecule has 0 fully saturated rings. The lowest BCUT2D eigenvalue weighted by molar-refractivity contribution is 0.669. The van der Waals surface area contributed by atoms with Crippen molar-refractivity contribution in [3.63, 3.8) is 0 Å². The molecule has 3 heterocycles. The summed E-state index contributed by atoms with van der Waals surface area (Å²) < 4.78 is 6.50. The summed E-state index contributed by atoms with van der Waals surface area (Å²) in [7, 11) is 0. The van der Waals surface area contributed by atoms with Gasteiger partial charge in [-0.3, -0.25) is 0 Å². The van der Waals surface area contributed by atoms with Crippen LogP contribution in [0.4, 0.5) is 0 Å². The van der Waals surface area contributed by atoms with Crippen LogP contribution in [0.3, 0.4) is 0 Å². The van der Waals surface area contributed by atoms with Crippen LogP contribution in [0, 0.1) is 0 Å². The first-order chi connectivity index (χ1) is 30.2. The molecule has 7 nitrogen and oxygen atoms in total. The minimum absolute atomic E-state index is 0.348. The van der Waals surface area contributed by atoms with E-state index in [1.54, 1.807) is 0 Å². The second-order valence-electron chi connectivity index (χ2n) is 14.9. The molecule has 0 bridgehead atoms. The van der Waals surface area contributed by atoms with Gasteiger partial charge in [0.05, 0.1) is 0 Å². The highest BCUT2D eigenvalue weighted by atomic mass is 16.3. The van der Waals surface area contributed by atoms with E-state index in [0.717, 1.165) is 83.4 Å². The minimum atomic E-state index is -0.348. The van der Waals surface area contributed by atoms with E-state index in [4.69, 9.17) is 29.4 Å². The first kappa shape index (κ1) is 35.8. The number of hydrogen-bond acceptors (Lipinski definition) is 7. The Bertz CT molecular complexity index is 3250. The van der Waals surface area contributed by atoms with Gasteiger partial charge in [-0.05, 0) is 52.1 Å². The fourth-order valence-corrected chi connectivity index (χ4v) is 7.94. The lowest BCUT2D eigenvalue weighted by Gasteiger charge is -2.24. The van der Waals surface area contributed by atoms with E-state index in [-0.39, 0.29) is 6.17 Å². The van der Waals surface area contributed by atoms with E-state index in [1.807, 2.05) is 103 Å². The molecule has 0 saturated carbocycles. The van der Waals surface area contributed by atoms with Crippen molar-refractivity contribution in [2.75, 3.05) is 0 Å². The Kier molecular flexibility index (Phi) is 9.09. The fraction of sp³-hybridized carbons (Fsp3) is 0.0185. The lowest BCUT2D eigenvalue weighted by Crippen LogP contribution is -2.33. The quantitative estimate of drug-likeness (QED) is 0.166. The Labute approximate surface area is 352 Å². The van der Waals surface area contributed by atoms with Crippen LogP contribution in [0.15, 0.2) is 221 Å². The van der Waals surface area contributed by atoms with E-state index in [2.05, 4.69) is 108 Å². The van der Waals surface area contributed by atoms with Gasteiger partial charge in [0, 0.05) is 38.6 Å². The largest absolute Gasteiger partial charge is 0.456 e.